The van der Waals surface area contributed by atoms with Gasteiger partial charge in [0.25, 0.3) is 0 Å². The number of nitrogens with zero attached hydrogens (tertiary/aromatic N) is 4. The highest BCUT2D eigenvalue weighted by Gasteiger charge is 2.27. The molecule has 0 aliphatic carbocycles. The van der Waals surface area contributed by atoms with Crippen LogP contribution in [0, 0.1) is 4.77 Å². The lowest BCUT2D eigenvalue weighted by molar-refractivity contribution is -0.929. The molecule has 1 aromatic carbocycles. The predicted molar refractivity (Wildman–Crippen MR) is 99.0 cm³/mol. The van der Waals surface area contributed by atoms with E-state index in [1.165, 1.54) is 29.1 Å². The minimum absolute atomic E-state index is 0.550. The van der Waals surface area contributed by atoms with Gasteiger partial charge in [-0.05, 0) is 44.1 Å². The lowest BCUT2D eigenvalue weighted by Gasteiger charge is -2.28. The Bertz CT molecular complexity index is 861. The molecule has 0 bridgehead atoms. The van der Waals surface area contributed by atoms with E-state index >= 15 is 0 Å². The normalized spacial score (nSPS) is 21.4. The summed E-state index contributed by atoms with van der Waals surface area (Å²) in [5.74, 6) is 0.550. The summed E-state index contributed by atoms with van der Waals surface area (Å²) in [5, 5.41) is 5.74. The highest BCUT2D eigenvalue weighted by molar-refractivity contribution is 7.71. The molecule has 3 heterocycles. The van der Waals surface area contributed by atoms with Crippen LogP contribution in [0.1, 0.15) is 30.7 Å². The van der Waals surface area contributed by atoms with Crippen molar-refractivity contribution in [3.8, 4) is 0 Å². The summed E-state index contributed by atoms with van der Waals surface area (Å²) in [4.78, 5) is 6.42. The Morgan fingerprint density at radius 2 is 2.25 bits per heavy atom. The van der Waals surface area contributed by atoms with Gasteiger partial charge in [-0.15, -0.1) is 11.3 Å². The highest BCUT2D eigenvalue weighted by atomic mass is 32.1. The van der Waals surface area contributed by atoms with Crippen LogP contribution in [0.5, 0.6) is 0 Å². The van der Waals surface area contributed by atoms with Crippen molar-refractivity contribution in [2.45, 2.75) is 38.9 Å². The molecule has 24 heavy (non-hydrogen) atoms. The summed E-state index contributed by atoms with van der Waals surface area (Å²) in [7, 11) is 0. The van der Waals surface area contributed by atoms with Gasteiger partial charge in [-0.25, -0.2) is 4.98 Å². The van der Waals surface area contributed by atoms with Gasteiger partial charge in [0.15, 0.2) is 6.67 Å². The third-order valence-electron chi connectivity index (χ3n) is 4.79. The molecule has 1 aliphatic heterocycles. The molecule has 7 heteroatoms. The smallest absolute Gasteiger partial charge is 0.202 e. The fraction of sp³-hybridized carbons (Fsp3) is 0.471. The molecule has 4 rings (SSSR count). The van der Waals surface area contributed by atoms with Crippen molar-refractivity contribution in [3.63, 3.8) is 0 Å². The van der Waals surface area contributed by atoms with Crippen LogP contribution in [0.3, 0.4) is 0 Å². The quantitative estimate of drug-likeness (QED) is 0.727. The zero-order valence-electron chi connectivity index (χ0n) is 13.8. The van der Waals surface area contributed by atoms with E-state index in [0.29, 0.717) is 5.92 Å². The highest BCUT2D eigenvalue weighted by Crippen LogP contribution is 2.30. The third kappa shape index (κ3) is 3.03. The third-order valence-corrected chi connectivity index (χ3v) is 6.43. The first-order valence-corrected chi connectivity index (χ1v) is 9.78. The first-order chi connectivity index (χ1) is 11.7. The first-order valence-electron chi connectivity index (χ1n) is 8.56. The van der Waals surface area contributed by atoms with Crippen molar-refractivity contribution in [3.05, 3.63) is 40.4 Å². The number of benzene rings is 1. The van der Waals surface area contributed by atoms with Crippen LogP contribution in [0.25, 0.3) is 10.2 Å². The maximum atomic E-state index is 5.50. The summed E-state index contributed by atoms with van der Waals surface area (Å²) in [5.41, 5.74) is 1.13. The average Bonchev–Trinajstić information content (AvgIpc) is 3.19. The zero-order valence-corrected chi connectivity index (χ0v) is 15.4. The predicted octanol–water partition coefficient (Wildman–Crippen LogP) is 2.46. The van der Waals surface area contributed by atoms with Crippen molar-refractivity contribution in [1.82, 2.24) is 19.3 Å². The summed E-state index contributed by atoms with van der Waals surface area (Å²) in [6.07, 6.45) is 4.31. The summed E-state index contributed by atoms with van der Waals surface area (Å²) in [6.45, 7) is 6.12. The number of nitrogens with one attached hydrogen (secondary N) is 1. The minimum Gasteiger partial charge on any atom is -0.316 e. The second kappa shape index (κ2) is 6.74. The van der Waals surface area contributed by atoms with Crippen molar-refractivity contribution < 1.29 is 4.90 Å². The van der Waals surface area contributed by atoms with Crippen LogP contribution in [-0.2, 0) is 13.2 Å². The molecular weight excluding hydrogens is 338 g/mol. The lowest BCUT2D eigenvalue weighted by Crippen LogP contribution is -3.12. The Hall–Kier alpha value is -1.57. The molecule has 1 unspecified atom stereocenters. The number of hydrogen-bond donors (Lipinski definition) is 1. The van der Waals surface area contributed by atoms with Gasteiger partial charge in [0.2, 0.25) is 4.77 Å². The summed E-state index contributed by atoms with van der Waals surface area (Å²) >= 11 is 7.35. The molecular formula is C17H22N5S2+. The molecule has 1 saturated heterocycles. The second-order valence-corrected chi connectivity index (χ2v) is 7.85. The number of aryl methyl sites for hydroxylation is 1. The number of thiazole rings is 1. The van der Waals surface area contributed by atoms with E-state index in [1.54, 1.807) is 4.90 Å². The molecule has 126 valence electrons. The Morgan fingerprint density at radius 1 is 1.38 bits per heavy atom. The van der Waals surface area contributed by atoms with Gasteiger partial charge < -0.3 is 9.47 Å². The Kier molecular flexibility index (Phi) is 4.47. The van der Waals surface area contributed by atoms with Crippen LogP contribution in [0.2, 0.25) is 0 Å². The topological polar surface area (TPSA) is 40.1 Å². The van der Waals surface area contributed by atoms with E-state index in [2.05, 4.69) is 36.3 Å². The average molecular weight is 361 g/mol. The van der Waals surface area contributed by atoms with Crippen LogP contribution in [-0.4, -0.2) is 32.4 Å². The second-order valence-electron chi connectivity index (χ2n) is 6.42. The largest absolute Gasteiger partial charge is 0.316 e. The van der Waals surface area contributed by atoms with Gasteiger partial charge in [0, 0.05) is 6.54 Å². The van der Waals surface area contributed by atoms with E-state index in [-0.39, 0.29) is 0 Å². The number of likely N-dealkylation sites (tertiary alicyclic amines) is 1. The summed E-state index contributed by atoms with van der Waals surface area (Å²) in [6, 6.07) is 8.44. The SMILES string of the molecule is CCn1cnn(C[NH+]2CCC[C@H](c3nc4ccccc4s3)C2)c1=S. The van der Waals surface area contributed by atoms with Crippen LogP contribution >= 0.6 is 23.6 Å². The molecule has 2 atom stereocenters. The number of fused-ring (bicyclic) bond motifs is 1. The van der Waals surface area contributed by atoms with Crippen molar-refractivity contribution in [2.24, 2.45) is 0 Å². The fourth-order valence-electron chi connectivity index (χ4n) is 3.48. The number of quaternary nitrogens is 1. The maximum Gasteiger partial charge on any atom is 0.202 e. The first kappa shape index (κ1) is 15.9. The van der Waals surface area contributed by atoms with Crippen molar-refractivity contribution >= 4 is 33.8 Å². The summed E-state index contributed by atoms with van der Waals surface area (Å²) < 4.78 is 6.11. The van der Waals surface area contributed by atoms with Crippen LogP contribution < -0.4 is 4.90 Å². The Balaban J connectivity index is 1.50. The zero-order chi connectivity index (χ0) is 16.5. The fourth-order valence-corrected chi connectivity index (χ4v) is 4.87. The molecule has 0 spiro atoms. The van der Waals surface area contributed by atoms with E-state index in [9.17, 15) is 0 Å². The lowest BCUT2D eigenvalue weighted by atomic mass is 9.99. The van der Waals surface area contributed by atoms with E-state index in [0.717, 1.165) is 30.0 Å². The van der Waals surface area contributed by atoms with Crippen LogP contribution in [0.15, 0.2) is 30.6 Å². The van der Waals surface area contributed by atoms with Crippen LogP contribution in [0.4, 0.5) is 0 Å². The molecule has 0 radical (unpaired) electrons. The van der Waals surface area contributed by atoms with E-state index in [4.69, 9.17) is 17.2 Å². The molecule has 1 fully saturated rings. The van der Waals surface area contributed by atoms with Gasteiger partial charge in [-0.3, -0.25) is 0 Å². The maximum absolute atomic E-state index is 5.50. The number of aromatic nitrogens is 4. The van der Waals surface area contributed by atoms with Gasteiger partial charge in [-0.1, -0.05) is 12.1 Å². The molecule has 2 aromatic heterocycles. The van der Waals surface area contributed by atoms with Crippen molar-refractivity contribution in [1.29, 1.82) is 0 Å². The van der Waals surface area contributed by atoms with Gasteiger partial charge in [0.1, 0.15) is 11.3 Å². The molecule has 5 nitrogen and oxygen atoms in total. The minimum atomic E-state index is 0.550. The number of para-hydroxylation sites is 1. The number of rotatable bonds is 4. The van der Waals surface area contributed by atoms with E-state index < -0.39 is 0 Å². The number of piperidine rings is 1. The molecule has 3 aromatic rings. The Labute approximate surface area is 150 Å². The van der Waals surface area contributed by atoms with E-state index in [1.807, 2.05) is 26.9 Å². The Morgan fingerprint density at radius 3 is 3.04 bits per heavy atom. The standard InChI is InChI=1S/C17H21N5S2/c1-2-21-11-18-22(17(21)23)12-20-9-5-6-13(10-20)16-19-14-7-3-4-8-15(14)24-16/h3-4,7-8,11,13H,2,5-6,9-10,12H2,1H3/p+1/t13-/m0/s1. The van der Waals surface area contributed by atoms with Crippen molar-refractivity contribution in [2.75, 3.05) is 13.1 Å². The molecule has 0 amide bonds. The van der Waals surface area contributed by atoms with Gasteiger partial charge >= 0.3 is 0 Å². The monoisotopic (exact) mass is 360 g/mol. The molecule has 1 N–H and O–H groups in total. The van der Waals surface area contributed by atoms with Gasteiger partial charge in [-0.2, -0.15) is 9.78 Å². The van der Waals surface area contributed by atoms with Gasteiger partial charge in [0.05, 0.1) is 29.2 Å². The number of hydrogen-bond acceptors (Lipinski definition) is 4. The molecule has 0 saturated carbocycles. The molecule has 1 aliphatic rings.